The lowest BCUT2D eigenvalue weighted by Gasteiger charge is -2.23. The van der Waals surface area contributed by atoms with Gasteiger partial charge in [0.15, 0.2) is 0 Å². The number of aliphatic hydroxyl groups is 1. The molecule has 0 aliphatic rings. The number of aromatic nitrogens is 2. The lowest BCUT2D eigenvalue weighted by Crippen LogP contribution is -2.26. The summed E-state index contributed by atoms with van der Waals surface area (Å²) in [6, 6.07) is 10.6. The second kappa shape index (κ2) is 7.28. The van der Waals surface area contributed by atoms with Crippen LogP contribution < -0.4 is 5.32 Å². The van der Waals surface area contributed by atoms with Gasteiger partial charge in [-0.1, -0.05) is 30.3 Å². The zero-order valence-corrected chi connectivity index (χ0v) is 14.9. The van der Waals surface area contributed by atoms with Gasteiger partial charge in [-0.3, -0.25) is 4.68 Å². The zero-order chi connectivity index (χ0) is 17.0. The minimum Gasteiger partial charge on any atom is -0.396 e. The van der Waals surface area contributed by atoms with Gasteiger partial charge >= 0.3 is 0 Å². The monoisotopic (exact) mass is 315 g/mol. The van der Waals surface area contributed by atoms with Crippen LogP contribution in [-0.4, -0.2) is 21.5 Å². The number of nitrogens with one attached hydrogen (secondary N) is 1. The van der Waals surface area contributed by atoms with Gasteiger partial charge in [-0.05, 0) is 46.6 Å². The molecular formula is C19H29N3O. The van der Waals surface area contributed by atoms with E-state index in [1.165, 1.54) is 11.1 Å². The van der Waals surface area contributed by atoms with Gasteiger partial charge in [0.05, 0.1) is 11.2 Å². The van der Waals surface area contributed by atoms with Crippen LogP contribution in [0.2, 0.25) is 0 Å². The Labute approximate surface area is 139 Å². The van der Waals surface area contributed by atoms with Gasteiger partial charge < -0.3 is 10.4 Å². The molecule has 1 heterocycles. The highest BCUT2D eigenvalue weighted by Crippen LogP contribution is 2.25. The van der Waals surface area contributed by atoms with Crippen LogP contribution in [-0.2, 0) is 5.54 Å². The molecule has 0 saturated heterocycles. The third-order valence-corrected chi connectivity index (χ3v) is 4.16. The minimum atomic E-state index is -0.0212. The lowest BCUT2D eigenvalue weighted by molar-refractivity contribution is 0.260. The number of nitrogens with zero attached hydrogens (tertiary/aromatic N) is 2. The van der Waals surface area contributed by atoms with Crippen molar-refractivity contribution in [2.75, 3.05) is 6.61 Å². The zero-order valence-electron chi connectivity index (χ0n) is 14.9. The molecule has 0 aliphatic carbocycles. The molecule has 0 amide bonds. The molecule has 23 heavy (non-hydrogen) atoms. The fraction of sp³-hybridized carbons (Fsp3) is 0.526. The average molecular weight is 315 g/mol. The molecule has 1 unspecified atom stereocenters. The van der Waals surface area contributed by atoms with Gasteiger partial charge in [0.2, 0.25) is 0 Å². The van der Waals surface area contributed by atoms with Crippen molar-refractivity contribution in [2.24, 2.45) is 0 Å². The van der Waals surface area contributed by atoms with E-state index in [0.29, 0.717) is 6.42 Å². The Hall–Kier alpha value is -1.65. The number of aryl methyl sites for hydroxylation is 1. The summed E-state index contributed by atoms with van der Waals surface area (Å²) in [5.41, 5.74) is 3.44. The van der Waals surface area contributed by atoms with E-state index in [1.807, 2.05) is 22.9 Å². The maximum absolute atomic E-state index is 9.39. The van der Waals surface area contributed by atoms with Gasteiger partial charge in [0, 0.05) is 30.5 Å². The summed E-state index contributed by atoms with van der Waals surface area (Å²) in [7, 11) is 0. The number of rotatable bonds is 6. The first kappa shape index (κ1) is 17.7. The van der Waals surface area contributed by atoms with Crippen LogP contribution in [0, 0.1) is 6.92 Å². The molecule has 4 heteroatoms. The largest absolute Gasteiger partial charge is 0.396 e. The number of benzene rings is 1. The van der Waals surface area contributed by atoms with Crippen LogP contribution in [0.5, 0.6) is 0 Å². The molecule has 0 spiro atoms. The van der Waals surface area contributed by atoms with Crippen molar-refractivity contribution in [3.63, 3.8) is 0 Å². The fourth-order valence-electron chi connectivity index (χ4n) is 2.79. The van der Waals surface area contributed by atoms with Gasteiger partial charge in [-0.25, -0.2) is 0 Å². The predicted octanol–water partition coefficient (Wildman–Crippen LogP) is 3.72. The maximum atomic E-state index is 9.39. The van der Waals surface area contributed by atoms with E-state index in [4.69, 9.17) is 0 Å². The van der Waals surface area contributed by atoms with Crippen LogP contribution in [0.1, 0.15) is 63.0 Å². The van der Waals surface area contributed by atoms with Gasteiger partial charge in [0.25, 0.3) is 0 Å². The van der Waals surface area contributed by atoms with Crippen LogP contribution >= 0.6 is 0 Å². The van der Waals surface area contributed by atoms with Crippen LogP contribution in [0.4, 0.5) is 0 Å². The summed E-state index contributed by atoms with van der Waals surface area (Å²) in [4.78, 5) is 0. The van der Waals surface area contributed by atoms with E-state index >= 15 is 0 Å². The molecule has 2 N–H and O–H groups in total. The van der Waals surface area contributed by atoms with Crippen molar-refractivity contribution in [1.29, 1.82) is 0 Å². The quantitative estimate of drug-likeness (QED) is 0.854. The second-order valence-corrected chi connectivity index (χ2v) is 7.15. The molecule has 2 atom stereocenters. The highest BCUT2D eigenvalue weighted by atomic mass is 16.3. The molecule has 126 valence electrons. The van der Waals surface area contributed by atoms with E-state index in [2.05, 4.69) is 63.4 Å². The van der Waals surface area contributed by atoms with E-state index in [1.54, 1.807) is 0 Å². The first-order valence-corrected chi connectivity index (χ1v) is 8.31. The van der Waals surface area contributed by atoms with Crippen molar-refractivity contribution < 1.29 is 5.11 Å². The summed E-state index contributed by atoms with van der Waals surface area (Å²) in [6.07, 6.45) is 2.83. The Kier molecular flexibility index (Phi) is 5.60. The molecule has 1 aromatic heterocycles. The number of aliphatic hydroxyl groups excluding tert-OH is 1. The standard InChI is InChI=1S/C19H29N3O/c1-14(17-13-22(19(3,4)5)21-15(17)2)20-18(11-12-23)16-9-7-6-8-10-16/h6-10,13-14,18,20,23H,11-12H2,1-5H3/t14?,18-/m1/s1. The molecule has 4 nitrogen and oxygen atoms in total. The SMILES string of the molecule is Cc1nn(C(C)(C)C)cc1C(C)N[C@H](CCO)c1ccccc1. The third-order valence-electron chi connectivity index (χ3n) is 4.16. The van der Waals surface area contributed by atoms with E-state index in [9.17, 15) is 5.11 Å². The Morgan fingerprint density at radius 1 is 1.22 bits per heavy atom. The van der Waals surface area contributed by atoms with Gasteiger partial charge in [0.1, 0.15) is 0 Å². The molecule has 2 rings (SSSR count). The molecule has 0 aliphatic heterocycles. The summed E-state index contributed by atoms with van der Waals surface area (Å²) >= 11 is 0. The summed E-state index contributed by atoms with van der Waals surface area (Å²) in [5.74, 6) is 0. The smallest absolute Gasteiger partial charge is 0.0641 e. The fourth-order valence-corrected chi connectivity index (χ4v) is 2.79. The molecule has 0 bridgehead atoms. The Bertz CT molecular complexity index is 613. The van der Waals surface area contributed by atoms with Crippen molar-refractivity contribution >= 4 is 0 Å². The third kappa shape index (κ3) is 4.43. The van der Waals surface area contributed by atoms with Crippen LogP contribution in [0.3, 0.4) is 0 Å². The van der Waals surface area contributed by atoms with Crippen molar-refractivity contribution in [3.05, 3.63) is 53.3 Å². The van der Waals surface area contributed by atoms with Crippen LogP contribution in [0.25, 0.3) is 0 Å². The first-order chi connectivity index (χ1) is 10.8. The molecule has 0 radical (unpaired) electrons. The minimum absolute atomic E-state index is 0.0212. The van der Waals surface area contributed by atoms with E-state index in [-0.39, 0.29) is 24.2 Å². The van der Waals surface area contributed by atoms with Gasteiger partial charge in [-0.15, -0.1) is 0 Å². The summed E-state index contributed by atoms with van der Waals surface area (Å²) in [5, 5.41) is 17.7. The van der Waals surface area contributed by atoms with E-state index in [0.717, 1.165) is 5.69 Å². The predicted molar refractivity (Wildman–Crippen MR) is 94.4 cm³/mol. The van der Waals surface area contributed by atoms with Crippen molar-refractivity contribution in [3.8, 4) is 0 Å². The lowest BCUT2D eigenvalue weighted by atomic mass is 10.0. The highest BCUT2D eigenvalue weighted by Gasteiger charge is 2.21. The molecule has 0 fully saturated rings. The topological polar surface area (TPSA) is 50.1 Å². The summed E-state index contributed by atoms with van der Waals surface area (Å²) in [6.45, 7) is 10.8. The van der Waals surface area contributed by atoms with Crippen molar-refractivity contribution in [2.45, 2.75) is 58.7 Å². The van der Waals surface area contributed by atoms with Crippen molar-refractivity contribution in [1.82, 2.24) is 15.1 Å². The number of hydrogen-bond acceptors (Lipinski definition) is 3. The second-order valence-electron chi connectivity index (χ2n) is 7.15. The Morgan fingerprint density at radius 3 is 2.39 bits per heavy atom. The van der Waals surface area contributed by atoms with E-state index < -0.39 is 0 Å². The van der Waals surface area contributed by atoms with Gasteiger partial charge in [-0.2, -0.15) is 5.10 Å². The number of hydrogen-bond donors (Lipinski definition) is 2. The molecule has 1 aromatic carbocycles. The molecular weight excluding hydrogens is 286 g/mol. The Balaban J connectivity index is 2.19. The maximum Gasteiger partial charge on any atom is 0.0641 e. The first-order valence-electron chi connectivity index (χ1n) is 8.31. The normalized spacial score (nSPS) is 14.7. The molecule has 2 aromatic rings. The van der Waals surface area contributed by atoms with Crippen LogP contribution in [0.15, 0.2) is 36.5 Å². The summed E-state index contributed by atoms with van der Waals surface area (Å²) < 4.78 is 2.03. The highest BCUT2D eigenvalue weighted by molar-refractivity contribution is 5.23. The average Bonchev–Trinajstić information content (AvgIpc) is 2.90. The molecule has 0 saturated carbocycles. The Morgan fingerprint density at radius 2 is 1.87 bits per heavy atom.